The van der Waals surface area contributed by atoms with Crippen molar-refractivity contribution in [1.82, 2.24) is 9.88 Å². The van der Waals surface area contributed by atoms with Crippen LogP contribution in [0.25, 0.3) is 10.9 Å². The van der Waals surface area contributed by atoms with Crippen LogP contribution < -0.4 is 15.0 Å². The molecule has 1 atom stereocenters. The van der Waals surface area contributed by atoms with Gasteiger partial charge >= 0.3 is 0 Å². The molecule has 1 aromatic heterocycles. The van der Waals surface area contributed by atoms with Crippen molar-refractivity contribution in [3.63, 3.8) is 0 Å². The zero-order valence-corrected chi connectivity index (χ0v) is 16.4. The Morgan fingerprint density at radius 1 is 1.00 bits per heavy atom. The molecule has 1 aromatic carbocycles. The summed E-state index contributed by atoms with van der Waals surface area (Å²) in [4.78, 5) is 30.8. The van der Waals surface area contributed by atoms with Crippen LogP contribution in [0.4, 0.5) is 0 Å². The number of fused-ring (bicyclic) bond motifs is 2. The maximum atomic E-state index is 13.2. The number of ether oxygens (including phenoxy) is 3. The number of H-pyrrole nitrogens is 1. The van der Waals surface area contributed by atoms with Crippen molar-refractivity contribution >= 4 is 16.8 Å². The van der Waals surface area contributed by atoms with Crippen LogP contribution in [0, 0.1) is 0 Å². The third kappa shape index (κ3) is 3.59. The van der Waals surface area contributed by atoms with E-state index in [-0.39, 0.29) is 23.6 Å². The molecular weight excluding hydrogens is 372 g/mol. The number of nitrogens with one attached hydrogen (secondary N) is 1. The number of aromatic nitrogens is 1. The number of rotatable bonds is 4. The number of carbonyl (C=O) groups excluding carboxylic acids is 1. The molecule has 1 amide bonds. The predicted molar refractivity (Wildman–Crippen MR) is 107 cm³/mol. The molecule has 0 bridgehead atoms. The minimum absolute atomic E-state index is 0.0241. The lowest BCUT2D eigenvalue weighted by Gasteiger charge is -2.31. The molecule has 2 aliphatic heterocycles. The van der Waals surface area contributed by atoms with E-state index >= 15 is 0 Å². The zero-order chi connectivity index (χ0) is 19.8. The van der Waals surface area contributed by atoms with Crippen LogP contribution in [0.1, 0.15) is 44.1 Å². The van der Waals surface area contributed by atoms with Crippen LogP contribution in [-0.4, -0.2) is 47.8 Å². The number of hydrogen-bond donors (Lipinski definition) is 1. The highest BCUT2D eigenvalue weighted by atomic mass is 16.6. The molecule has 0 spiro atoms. The highest BCUT2D eigenvalue weighted by molar-refractivity contribution is 5.84. The van der Waals surface area contributed by atoms with Crippen molar-refractivity contribution in [2.45, 2.75) is 57.2 Å². The van der Waals surface area contributed by atoms with Crippen LogP contribution in [0.3, 0.4) is 0 Å². The Balaban J connectivity index is 1.48. The summed E-state index contributed by atoms with van der Waals surface area (Å²) in [6.45, 7) is 1.96. The Kier molecular flexibility index (Phi) is 4.91. The Morgan fingerprint density at radius 2 is 1.76 bits per heavy atom. The van der Waals surface area contributed by atoms with Crippen LogP contribution in [-0.2, 0) is 16.1 Å². The monoisotopic (exact) mass is 398 g/mol. The van der Waals surface area contributed by atoms with Gasteiger partial charge in [0.1, 0.15) is 19.3 Å². The maximum absolute atomic E-state index is 13.2. The first kappa shape index (κ1) is 18.5. The quantitative estimate of drug-likeness (QED) is 0.857. The van der Waals surface area contributed by atoms with Gasteiger partial charge in [-0.3, -0.25) is 9.59 Å². The lowest BCUT2D eigenvalue weighted by atomic mass is 10.1. The first-order chi connectivity index (χ1) is 14.2. The van der Waals surface area contributed by atoms with E-state index in [2.05, 4.69) is 4.98 Å². The first-order valence-corrected chi connectivity index (χ1v) is 10.6. The molecule has 29 heavy (non-hydrogen) atoms. The highest BCUT2D eigenvalue weighted by Crippen LogP contribution is 2.34. The largest absolute Gasteiger partial charge is 0.486 e. The van der Waals surface area contributed by atoms with Gasteiger partial charge in [-0.05, 0) is 37.8 Å². The molecule has 1 saturated carbocycles. The van der Waals surface area contributed by atoms with E-state index in [9.17, 15) is 9.59 Å². The van der Waals surface area contributed by atoms with Crippen molar-refractivity contribution in [2.24, 2.45) is 0 Å². The summed E-state index contributed by atoms with van der Waals surface area (Å²) in [7, 11) is 0. The molecule has 7 heteroatoms. The van der Waals surface area contributed by atoms with Crippen molar-refractivity contribution in [3.05, 3.63) is 34.1 Å². The smallest absolute Gasteiger partial charge is 0.253 e. The van der Waals surface area contributed by atoms with Gasteiger partial charge in [-0.2, -0.15) is 0 Å². The predicted octanol–water partition coefficient (Wildman–Crippen LogP) is 2.75. The van der Waals surface area contributed by atoms with Crippen LogP contribution in [0.2, 0.25) is 0 Å². The van der Waals surface area contributed by atoms with E-state index in [0.29, 0.717) is 48.9 Å². The standard InChI is InChI=1S/C22H26N2O5/c25-21-15(10-14-11-19-20(12-17(14)23-21)29-9-8-28-19)13-24(16-4-1-2-5-16)22(26)18-6-3-7-27-18/h10-12,16,18H,1-9,13H2,(H,23,25). The summed E-state index contributed by atoms with van der Waals surface area (Å²) in [5.41, 5.74) is 1.13. The molecule has 3 heterocycles. The second-order valence-electron chi connectivity index (χ2n) is 8.11. The van der Waals surface area contributed by atoms with Crippen molar-refractivity contribution in [3.8, 4) is 11.5 Å². The topological polar surface area (TPSA) is 80.9 Å². The minimum Gasteiger partial charge on any atom is -0.486 e. The third-order valence-electron chi connectivity index (χ3n) is 6.18. The third-order valence-corrected chi connectivity index (χ3v) is 6.18. The van der Waals surface area contributed by atoms with Crippen LogP contribution in [0.15, 0.2) is 23.0 Å². The molecule has 7 nitrogen and oxygen atoms in total. The molecule has 2 fully saturated rings. The van der Waals surface area contributed by atoms with Gasteiger partial charge in [0.25, 0.3) is 11.5 Å². The van der Waals surface area contributed by atoms with Gasteiger partial charge in [0.15, 0.2) is 11.5 Å². The molecule has 1 N–H and O–H groups in total. The summed E-state index contributed by atoms with van der Waals surface area (Å²) in [6.07, 6.45) is 5.53. The maximum Gasteiger partial charge on any atom is 0.253 e. The fraction of sp³-hybridized carbons (Fsp3) is 0.545. The van der Waals surface area contributed by atoms with Gasteiger partial charge < -0.3 is 24.1 Å². The number of amides is 1. The summed E-state index contributed by atoms with van der Waals surface area (Å²) in [6, 6.07) is 5.76. The van der Waals surface area contributed by atoms with Crippen molar-refractivity contribution in [1.29, 1.82) is 0 Å². The normalized spacial score (nSPS) is 21.6. The molecular formula is C22H26N2O5. The molecule has 3 aliphatic rings. The minimum atomic E-state index is -0.368. The summed E-state index contributed by atoms with van der Waals surface area (Å²) < 4.78 is 16.9. The lowest BCUT2D eigenvalue weighted by Crippen LogP contribution is -2.44. The number of aromatic amines is 1. The van der Waals surface area contributed by atoms with Crippen LogP contribution in [0.5, 0.6) is 11.5 Å². The molecule has 1 saturated heterocycles. The Bertz CT molecular complexity index is 973. The average molecular weight is 398 g/mol. The van der Waals surface area contributed by atoms with E-state index in [1.807, 2.05) is 17.0 Å². The molecule has 1 unspecified atom stereocenters. The summed E-state index contributed by atoms with van der Waals surface area (Å²) in [5.74, 6) is 1.36. The van der Waals surface area contributed by atoms with Crippen molar-refractivity contribution in [2.75, 3.05) is 19.8 Å². The number of pyridine rings is 1. The molecule has 0 radical (unpaired) electrons. The van der Waals surface area contributed by atoms with Gasteiger partial charge in [-0.15, -0.1) is 0 Å². The zero-order valence-electron chi connectivity index (χ0n) is 16.4. The lowest BCUT2D eigenvalue weighted by molar-refractivity contribution is -0.144. The first-order valence-electron chi connectivity index (χ1n) is 10.6. The second kappa shape index (κ2) is 7.71. The summed E-state index contributed by atoms with van der Waals surface area (Å²) >= 11 is 0. The van der Waals surface area contributed by atoms with Crippen molar-refractivity contribution < 1.29 is 19.0 Å². The highest BCUT2D eigenvalue weighted by Gasteiger charge is 2.34. The van der Waals surface area contributed by atoms with Gasteiger partial charge in [-0.1, -0.05) is 12.8 Å². The molecule has 2 aromatic rings. The van der Waals surface area contributed by atoms with Gasteiger partial charge in [-0.25, -0.2) is 0 Å². The van der Waals surface area contributed by atoms with E-state index in [0.717, 1.165) is 43.9 Å². The Morgan fingerprint density at radius 3 is 2.48 bits per heavy atom. The van der Waals surface area contributed by atoms with E-state index in [1.54, 1.807) is 6.07 Å². The van der Waals surface area contributed by atoms with E-state index in [1.165, 1.54) is 0 Å². The number of nitrogens with zero attached hydrogens (tertiary/aromatic N) is 1. The number of benzene rings is 1. The Hall–Kier alpha value is -2.54. The fourth-order valence-electron chi connectivity index (χ4n) is 4.65. The fourth-order valence-corrected chi connectivity index (χ4v) is 4.65. The summed E-state index contributed by atoms with van der Waals surface area (Å²) in [5, 5.41) is 0.875. The Labute approximate surface area is 168 Å². The molecule has 1 aliphatic carbocycles. The second-order valence-corrected chi connectivity index (χ2v) is 8.11. The molecule has 154 valence electrons. The SMILES string of the molecule is O=C(C1CCCO1)N(Cc1cc2cc3c(cc2[nH]c1=O)OCCO3)C1CCCC1. The van der Waals surface area contributed by atoms with E-state index in [4.69, 9.17) is 14.2 Å². The average Bonchev–Trinajstić information content (AvgIpc) is 3.44. The van der Waals surface area contributed by atoms with Gasteiger partial charge in [0.2, 0.25) is 0 Å². The van der Waals surface area contributed by atoms with Crippen LogP contribution >= 0.6 is 0 Å². The number of hydrogen-bond acceptors (Lipinski definition) is 5. The molecule has 5 rings (SSSR count). The number of carbonyl (C=O) groups is 1. The van der Waals surface area contributed by atoms with E-state index < -0.39 is 0 Å². The van der Waals surface area contributed by atoms with Gasteiger partial charge in [0.05, 0.1) is 12.1 Å². The van der Waals surface area contributed by atoms with Gasteiger partial charge in [0, 0.05) is 29.7 Å².